The van der Waals surface area contributed by atoms with Crippen LogP contribution in [0.15, 0.2) is 67.3 Å². The lowest BCUT2D eigenvalue weighted by molar-refractivity contribution is -0.118. The molecule has 0 fully saturated rings. The van der Waals surface area contributed by atoms with Crippen LogP contribution in [0.1, 0.15) is 26.7 Å². The number of carbonyl (C=O) groups excluding carboxylic acids is 1. The van der Waals surface area contributed by atoms with Crippen molar-refractivity contribution in [3.05, 3.63) is 67.3 Å². The summed E-state index contributed by atoms with van der Waals surface area (Å²) in [6.07, 6.45) is 9.19. The number of nitrogens with one attached hydrogen (secondary N) is 1. The number of pyridine rings is 1. The number of aromatic nitrogens is 5. The second kappa shape index (κ2) is 9.51. The molecule has 0 saturated carbocycles. The number of rotatable bonds is 9. The minimum Gasteiger partial charge on any atom is -0.476 e. The highest BCUT2D eigenvalue weighted by atomic mass is 16.5. The van der Waals surface area contributed by atoms with E-state index in [1.54, 1.807) is 24.8 Å². The van der Waals surface area contributed by atoms with E-state index < -0.39 is 5.41 Å². The zero-order chi connectivity index (χ0) is 22.4. The van der Waals surface area contributed by atoms with Gasteiger partial charge >= 0.3 is 0 Å². The molecule has 7 heteroatoms. The largest absolute Gasteiger partial charge is 0.476 e. The highest BCUT2D eigenvalue weighted by Crippen LogP contribution is 2.26. The molecule has 0 bridgehead atoms. The molecule has 32 heavy (non-hydrogen) atoms. The molecule has 0 aliphatic heterocycles. The van der Waals surface area contributed by atoms with E-state index in [0.29, 0.717) is 24.0 Å². The predicted octanol–water partition coefficient (Wildman–Crippen LogP) is 4.98. The molecule has 1 N–H and O–H groups in total. The first kappa shape index (κ1) is 21.4. The third-order valence-electron chi connectivity index (χ3n) is 5.76. The van der Waals surface area contributed by atoms with Crippen molar-refractivity contribution in [1.82, 2.24) is 24.9 Å². The molecule has 0 spiro atoms. The maximum absolute atomic E-state index is 11.4. The Kier molecular flexibility index (Phi) is 6.35. The number of nitrogens with zero attached hydrogens (tertiary/aromatic N) is 4. The Bertz CT molecular complexity index is 1150. The van der Waals surface area contributed by atoms with Crippen molar-refractivity contribution in [3.63, 3.8) is 0 Å². The van der Waals surface area contributed by atoms with E-state index in [1.807, 2.05) is 56.3 Å². The van der Waals surface area contributed by atoms with E-state index >= 15 is 0 Å². The lowest BCUT2D eigenvalue weighted by atomic mass is 9.85. The third kappa shape index (κ3) is 4.56. The molecule has 162 valence electrons. The Labute approximate surface area is 187 Å². The van der Waals surface area contributed by atoms with Crippen molar-refractivity contribution in [2.45, 2.75) is 26.7 Å². The summed E-state index contributed by atoms with van der Waals surface area (Å²) in [5, 5.41) is 0. The molecular weight excluding hydrogens is 402 g/mol. The number of benzene rings is 1. The third-order valence-corrected chi connectivity index (χ3v) is 5.76. The van der Waals surface area contributed by atoms with Crippen LogP contribution >= 0.6 is 0 Å². The zero-order valence-electron chi connectivity index (χ0n) is 18.2. The Morgan fingerprint density at radius 3 is 2.25 bits per heavy atom. The summed E-state index contributed by atoms with van der Waals surface area (Å²) in [7, 11) is 0. The highest BCUT2D eigenvalue weighted by Gasteiger charge is 2.26. The van der Waals surface area contributed by atoms with Crippen LogP contribution in [0, 0.1) is 5.41 Å². The molecule has 0 amide bonds. The summed E-state index contributed by atoms with van der Waals surface area (Å²) < 4.78 is 5.72. The van der Waals surface area contributed by atoms with Crippen LogP contribution in [-0.4, -0.2) is 37.8 Å². The number of aldehydes is 1. The molecule has 4 aromatic rings. The summed E-state index contributed by atoms with van der Waals surface area (Å²) in [6.45, 7) is 4.26. The number of hydrogen-bond acceptors (Lipinski definition) is 6. The van der Waals surface area contributed by atoms with Crippen LogP contribution in [-0.2, 0) is 4.79 Å². The molecule has 0 aliphatic rings. The van der Waals surface area contributed by atoms with E-state index in [9.17, 15) is 4.79 Å². The summed E-state index contributed by atoms with van der Waals surface area (Å²) in [6, 6.07) is 13.9. The predicted molar refractivity (Wildman–Crippen MR) is 123 cm³/mol. The molecule has 7 nitrogen and oxygen atoms in total. The Balaban J connectivity index is 1.44. The maximum atomic E-state index is 11.4. The van der Waals surface area contributed by atoms with Gasteiger partial charge in [-0.05, 0) is 30.5 Å². The Morgan fingerprint density at radius 1 is 0.844 bits per heavy atom. The van der Waals surface area contributed by atoms with Gasteiger partial charge in [-0.3, -0.25) is 4.98 Å². The first-order valence-corrected chi connectivity index (χ1v) is 10.6. The number of hydrogen-bond donors (Lipinski definition) is 1. The van der Waals surface area contributed by atoms with Crippen molar-refractivity contribution in [2.24, 2.45) is 5.41 Å². The molecular formula is C25H25N5O2. The quantitative estimate of drug-likeness (QED) is 0.379. The lowest BCUT2D eigenvalue weighted by Gasteiger charge is -2.24. The van der Waals surface area contributed by atoms with Gasteiger partial charge in [0.1, 0.15) is 18.6 Å². The fourth-order valence-electron chi connectivity index (χ4n) is 3.31. The average Bonchev–Trinajstić information content (AvgIpc) is 3.37. The number of ether oxygens (including phenoxy) is 1. The van der Waals surface area contributed by atoms with Gasteiger partial charge in [0, 0.05) is 11.8 Å². The van der Waals surface area contributed by atoms with Gasteiger partial charge in [0.05, 0.1) is 35.4 Å². The summed E-state index contributed by atoms with van der Waals surface area (Å²) in [5.74, 6) is 1.10. The molecule has 0 atom stereocenters. The van der Waals surface area contributed by atoms with Crippen LogP contribution in [0.4, 0.5) is 0 Å². The number of aromatic amines is 1. The first-order valence-electron chi connectivity index (χ1n) is 10.6. The van der Waals surface area contributed by atoms with Gasteiger partial charge in [-0.1, -0.05) is 44.2 Å². The highest BCUT2D eigenvalue weighted by molar-refractivity contribution is 5.64. The molecule has 0 aliphatic carbocycles. The summed E-state index contributed by atoms with van der Waals surface area (Å²) >= 11 is 0. The van der Waals surface area contributed by atoms with Crippen LogP contribution in [0.2, 0.25) is 0 Å². The number of H-pyrrole nitrogens is 1. The maximum Gasteiger partial charge on any atom is 0.232 e. The fourth-order valence-corrected chi connectivity index (χ4v) is 3.31. The molecule has 4 rings (SSSR count). The van der Waals surface area contributed by atoms with Gasteiger partial charge in [0.2, 0.25) is 5.88 Å². The first-order chi connectivity index (χ1) is 15.7. The van der Waals surface area contributed by atoms with Gasteiger partial charge in [0.25, 0.3) is 0 Å². The van der Waals surface area contributed by atoms with Gasteiger partial charge < -0.3 is 14.5 Å². The van der Waals surface area contributed by atoms with Gasteiger partial charge in [-0.25, -0.2) is 15.0 Å². The van der Waals surface area contributed by atoms with Crippen molar-refractivity contribution in [3.8, 4) is 39.9 Å². The lowest BCUT2D eigenvalue weighted by Crippen LogP contribution is -2.29. The second-order valence-corrected chi connectivity index (χ2v) is 7.66. The summed E-state index contributed by atoms with van der Waals surface area (Å²) in [4.78, 5) is 32.5. The van der Waals surface area contributed by atoms with Crippen LogP contribution < -0.4 is 4.74 Å². The topological polar surface area (TPSA) is 93.7 Å². The minimum absolute atomic E-state index is 0.294. The Hall–Kier alpha value is -3.87. The zero-order valence-corrected chi connectivity index (χ0v) is 18.2. The van der Waals surface area contributed by atoms with E-state index in [4.69, 9.17) is 4.74 Å². The molecule has 3 heterocycles. The van der Waals surface area contributed by atoms with Crippen molar-refractivity contribution in [2.75, 3.05) is 6.61 Å². The fraction of sp³-hybridized carbons (Fsp3) is 0.240. The normalized spacial score (nSPS) is 11.3. The van der Waals surface area contributed by atoms with Crippen molar-refractivity contribution >= 4 is 6.29 Å². The van der Waals surface area contributed by atoms with Crippen LogP contribution in [0.5, 0.6) is 5.88 Å². The summed E-state index contributed by atoms with van der Waals surface area (Å²) in [5.41, 5.74) is 3.81. The average molecular weight is 428 g/mol. The number of imidazole rings is 1. The second-order valence-electron chi connectivity index (χ2n) is 7.66. The van der Waals surface area contributed by atoms with Crippen molar-refractivity contribution < 1.29 is 9.53 Å². The molecule has 3 aromatic heterocycles. The van der Waals surface area contributed by atoms with E-state index in [2.05, 4.69) is 24.9 Å². The molecule has 0 unspecified atom stereocenters. The number of carbonyl (C=O) groups is 1. The van der Waals surface area contributed by atoms with Crippen LogP contribution in [0.3, 0.4) is 0 Å². The standard InChI is InChI=1S/C25H25N5O2/c1-3-25(4-2,16-31)17-32-23-15-27-21(13-28-23)19-10-11-20(26-12-19)24-29-14-22(30-24)18-8-6-5-7-9-18/h5-16H,3-4,17H2,1-2H3,(H,29,30). The molecule has 0 saturated heterocycles. The smallest absolute Gasteiger partial charge is 0.232 e. The van der Waals surface area contributed by atoms with E-state index in [0.717, 1.165) is 41.6 Å². The monoisotopic (exact) mass is 427 g/mol. The van der Waals surface area contributed by atoms with Gasteiger partial charge in [-0.2, -0.15) is 0 Å². The molecule has 1 aromatic carbocycles. The van der Waals surface area contributed by atoms with Crippen molar-refractivity contribution in [1.29, 1.82) is 0 Å². The van der Waals surface area contributed by atoms with Gasteiger partial charge in [0.15, 0.2) is 5.82 Å². The van der Waals surface area contributed by atoms with Crippen LogP contribution in [0.25, 0.3) is 34.0 Å². The SMILES string of the molecule is CCC(C=O)(CC)COc1cnc(-c2ccc(-c3ncc(-c4ccccc4)[nH]3)nc2)cn1. The Morgan fingerprint density at radius 2 is 1.62 bits per heavy atom. The van der Waals surface area contributed by atoms with E-state index in [1.165, 1.54) is 0 Å². The van der Waals surface area contributed by atoms with Gasteiger partial charge in [-0.15, -0.1) is 0 Å². The minimum atomic E-state index is -0.480. The molecule has 0 radical (unpaired) electrons. The van der Waals surface area contributed by atoms with E-state index in [-0.39, 0.29) is 0 Å².